The van der Waals surface area contributed by atoms with Gasteiger partial charge in [-0.25, -0.2) is 0 Å². The molecule has 1 fully saturated rings. The van der Waals surface area contributed by atoms with Gasteiger partial charge in [-0.2, -0.15) is 5.10 Å². The summed E-state index contributed by atoms with van der Waals surface area (Å²) in [6.07, 6.45) is 9.52. The van der Waals surface area contributed by atoms with E-state index in [0.717, 1.165) is 12.5 Å². The molecule has 84 valence electrons. The van der Waals surface area contributed by atoms with Crippen molar-refractivity contribution in [1.82, 2.24) is 15.1 Å². The first-order chi connectivity index (χ1) is 7.33. The molecular weight excluding hydrogens is 186 g/mol. The first kappa shape index (κ1) is 10.7. The molecule has 1 aromatic heterocycles. The van der Waals surface area contributed by atoms with E-state index in [-0.39, 0.29) is 0 Å². The summed E-state index contributed by atoms with van der Waals surface area (Å²) in [6.45, 7) is 3.11. The Labute approximate surface area is 91.9 Å². The highest BCUT2D eigenvalue weighted by molar-refractivity contribution is 5.12. The summed E-state index contributed by atoms with van der Waals surface area (Å²) in [5, 5.41) is 7.75. The van der Waals surface area contributed by atoms with Crippen LogP contribution in [0.3, 0.4) is 0 Å². The van der Waals surface area contributed by atoms with Crippen molar-refractivity contribution in [3.63, 3.8) is 0 Å². The Hall–Kier alpha value is -0.830. The molecule has 0 saturated heterocycles. The normalized spacial score (nSPS) is 26.8. The first-order valence-electron chi connectivity index (χ1n) is 6.03. The SMILES string of the molecule is CCn1cc(C2CCCC(NC)C2)cn1. The van der Waals surface area contributed by atoms with E-state index in [2.05, 4.69) is 30.6 Å². The van der Waals surface area contributed by atoms with Gasteiger partial charge in [-0.05, 0) is 44.7 Å². The molecule has 3 heteroatoms. The van der Waals surface area contributed by atoms with Crippen LogP contribution in [-0.2, 0) is 6.54 Å². The predicted molar refractivity (Wildman–Crippen MR) is 62.0 cm³/mol. The molecule has 1 N–H and O–H groups in total. The molecule has 2 atom stereocenters. The van der Waals surface area contributed by atoms with Crippen molar-refractivity contribution >= 4 is 0 Å². The van der Waals surface area contributed by atoms with Crippen LogP contribution in [0.1, 0.15) is 44.1 Å². The molecule has 0 aliphatic heterocycles. The Morgan fingerprint density at radius 1 is 1.53 bits per heavy atom. The van der Waals surface area contributed by atoms with Crippen LogP contribution in [0.5, 0.6) is 0 Å². The molecule has 0 bridgehead atoms. The summed E-state index contributed by atoms with van der Waals surface area (Å²) >= 11 is 0. The smallest absolute Gasteiger partial charge is 0.0524 e. The Bertz CT molecular complexity index is 306. The van der Waals surface area contributed by atoms with E-state index in [1.54, 1.807) is 0 Å². The lowest BCUT2D eigenvalue weighted by atomic mass is 9.82. The average Bonchev–Trinajstić information content (AvgIpc) is 2.78. The molecule has 3 nitrogen and oxygen atoms in total. The Kier molecular flexibility index (Phi) is 3.41. The van der Waals surface area contributed by atoms with E-state index in [0.29, 0.717) is 6.04 Å². The minimum atomic E-state index is 0.703. The second-order valence-corrected chi connectivity index (χ2v) is 4.48. The molecule has 0 aromatic carbocycles. The molecule has 1 aliphatic rings. The summed E-state index contributed by atoms with van der Waals surface area (Å²) in [4.78, 5) is 0. The molecule has 2 rings (SSSR count). The monoisotopic (exact) mass is 207 g/mol. The third-order valence-electron chi connectivity index (χ3n) is 3.53. The van der Waals surface area contributed by atoms with E-state index >= 15 is 0 Å². The van der Waals surface area contributed by atoms with Gasteiger partial charge in [0.15, 0.2) is 0 Å². The lowest BCUT2D eigenvalue weighted by molar-refractivity contribution is 0.355. The fourth-order valence-corrected chi connectivity index (χ4v) is 2.52. The predicted octanol–water partition coefficient (Wildman–Crippen LogP) is 2.15. The van der Waals surface area contributed by atoms with Crippen molar-refractivity contribution in [3.05, 3.63) is 18.0 Å². The van der Waals surface area contributed by atoms with Crippen LogP contribution in [0, 0.1) is 0 Å². The number of rotatable bonds is 3. The summed E-state index contributed by atoms with van der Waals surface area (Å²) < 4.78 is 2.03. The van der Waals surface area contributed by atoms with E-state index in [1.165, 1.54) is 31.2 Å². The second kappa shape index (κ2) is 4.79. The largest absolute Gasteiger partial charge is 0.317 e. The zero-order valence-corrected chi connectivity index (χ0v) is 9.74. The van der Waals surface area contributed by atoms with Crippen LogP contribution in [0.4, 0.5) is 0 Å². The fourth-order valence-electron chi connectivity index (χ4n) is 2.52. The molecule has 0 spiro atoms. The minimum Gasteiger partial charge on any atom is -0.317 e. The number of nitrogens with zero attached hydrogens (tertiary/aromatic N) is 2. The zero-order chi connectivity index (χ0) is 10.7. The minimum absolute atomic E-state index is 0.703. The highest BCUT2D eigenvalue weighted by atomic mass is 15.3. The Balaban J connectivity index is 2.03. The lowest BCUT2D eigenvalue weighted by Crippen LogP contribution is -2.30. The third kappa shape index (κ3) is 2.40. The van der Waals surface area contributed by atoms with Crippen molar-refractivity contribution in [2.75, 3.05) is 7.05 Å². The van der Waals surface area contributed by atoms with Gasteiger partial charge in [-0.1, -0.05) is 6.42 Å². The van der Waals surface area contributed by atoms with Gasteiger partial charge in [0.2, 0.25) is 0 Å². The van der Waals surface area contributed by atoms with Crippen molar-refractivity contribution in [1.29, 1.82) is 0 Å². The van der Waals surface area contributed by atoms with Crippen molar-refractivity contribution < 1.29 is 0 Å². The summed E-state index contributed by atoms with van der Waals surface area (Å²) in [5.41, 5.74) is 1.43. The highest BCUT2D eigenvalue weighted by Crippen LogP contribution is 2.32. The molecule has 1 aliphatic carbocycles. The van der Waals surface area contributed by atoms with Crippen LogP contribution in [0.25, 0.3) is 0 Å². The van der Waals surface area contributed by atoms with Crippen LogP contribution in [0.15, 0.2) is 12.4 Å². The maximum absolute atomic E-state index is 4.36. The molecule has 1 heterocycles. The first-order valence-corrected chi connectivity index (χ1v) is 6.03. The molecule has 0 amide bonds. The average molecular weight is 207 g/mol. The van der Waals surface area contributed by atoms with Gasteiger partial charge < -0.3 is 5.32 Å². The molecule has 1 aromatic rings. The maximum Gasteiger partial charge on any atom is 0.0524 e. The summed E-state index contributed by atoms with van der Waals surface area (Å²) in [5.74, 6) is 0.719. The Morgan fingerprint density at radius 2 is 2.40 bits per heavy atom. The molecule has 2 unspecified atom stereocenters. The third-order valence-corrected chi connectivity index (χ3v) is 3.53. The molecule has 15 heavy (non-hydrogen) atoms. The second-order valence-electron chi connectivity index (χ2n) is 4.48. The van der Waals surface area contributed by atoms with Crippen molar-refractivity contribution in [3.8, 4) is 0 Å². The number of hydrogen-bond donors (Lipinski definition) is 1. The Morgan fingerprint density at radius 3 is 3.07 bits per heavy atom. The van der Waals surface area contributed by atoms with Gasteiger partial charge in [0.25, 0.3) is 0 Å². The lowest BCUT2D eigenvalue weighted by Gasteiger charge is -2.28. The quantitative estimate of drug-likeness (QED) is 0.823. The van der Waals surface area contributed by atoms with Crippen molar-refractivity contribution in [2.24, 2.45) is 0 Å². The molecular formula is C12H21N3. The van der Waals surface area contributed by atoms with Crippen LogP contribution in [-0.4, -0.2) is 22.9 Å². The van der Waals surface area contributed by atoms with E-state index in [9.17, 15) is 0 Å². The zero-order valence-electron chi connectivity index (χ0n) is 9.74. The summed E-state index contributed by atoms with van der Waals surface area (Å²) in [7, 11) is 2.07. The van der Waals surface area contributed by atoms with Gasteiger partial charge in [-0.3, -0.25) is 4.68 Å². The molecule has 1 saturated carbocycles. The molecule has 0 radical (unpaired) electrons. The van der Waals surface area contributed by atoms with Gasteiger partial charge in [0.1, 0.15) is 0 Å². The highest BCUT2D eigenvalue weighted by Gasteiger charge is 2.22. The number of aryl methyl sites for hydroxylation is 1. The van der Waals surface area contributed by atoms with Gasteiger partial charge in [0, 0.05) is 18.8 Å². The van der Waals surface area contributed by atoms with Gasteiger partial charge >= 0.3 is 0 Å². The number of hydrogen-bond acceptors (Lipinski definition) is 2. The van der Waals surface area contributed by atoms with Gasteiger partial charge in [-0.15, -0.1) is 0 Å². The topological polar surface area (TPSA) is 29.9 Å². The standard InChI is InChI=1S/C12H21N3/c1-3-15-9-11(8-14-15)10-5-4-6-12(7-10)13-2/h8-10,12-13H,3-7H2,1-2H3. The van der Waals surface area contributed by atoms with Gasteiger partial charge in [0.05, 0.1) is 6.20 Å². The van der Waals surface area contributed by atoms with Crippen molar-refractivity contribution in [2.45, 2.75) is 51.1 Å². The van der Waals surface area contributed by atoms with E-state index in [1.807, 2.05) is 10.9 Å². The van der Waals surface area contributed by atoms with Crippen LogP contribution >= 0.6 is 0 Å². The number of aromatic nitrogens is 2. The fraction of sp³-hybridized carbons (Fsp3) is 0.750. The van der Waals surface area contributed by atoms with Crippen LogP contribution < -0.4 is 5.32 Å². The maximum atomic E-state index is 4.36. The summed E-state index contributed by atoms with van der Waals surface area (Å²) in [6, 6.07) is 0.703. The van der Waals surface area contributed by atoms with E-state index < -0.39 is 0 Å². The number of nitrogens with one attached hydrogen (secondary N) is 1. The van der Waals surface area contributed by atoms with E-state index in [4.69, 9.17) is 0 Å². The van der Waals surface area contributed by atoms with Crippen LogP contribution in [0.2, 0.25) is 0 Å².